The Bertz CT molecular complexity index is 2870. The van der Waals surface area contributed by atoms with Gasteiger partial charge in [-0.1, -0.05) is 158 Å². The van der Waals surface area contributed by atoms with Gasteiger partial charge in [0.05, 0.1) is 16.7 Å². The molecule has 1 heterocycles. The van der Waals surface area contributed by atoms with Crippen molar-refractivity contribution in [2.75, 3.05) is 4.90 Å². The maximum absolute atomic E-state index is 2.46. The van der Waals surface area contributed by atoms with Crippen LogP contribution < -0.4 is 4.90 Å². The minimum absolute atomic E-state index is 1.11. The largest absolute Gasteiger partial charge is 0.310 e. The van der Waals surface area contributed by atoms with Gasteiger partial charge in [0, 0.05) is 38.8 Å². The molecule has 1 aromatic heterocycles. The summed E-state index contributed by atoms with van der Waals surface area (Å²) in [5.74, 6) is 0. The number of anilines is 3. The van der Waals surface area contributed by atoms with Gasteiger partial charge in [-0.25, -0.2) is 0 Å². The zero-order valence-electron chi connectivity index (χ0n) is 28.5. The van der Waals surface area contributed by atoms with Crippen LogP contribution in [0.3, 0.4) is 0 Å². The lowest BCUT2D eigenvalue weighted by molar-refractivity contribution is 1.19. The summed E-state index contributed by atoms with van der Waals surface area (Å²) in [5.41, 5.74) is 11.7. The van der Waals surface area contributed by atoms with Crippen molar-refractivity contribution in [1.29, 1.82) is 0 Å². The molecule has 0 bridgehead atoms. The van der Waals surface area contributed by atoms with Gasteiger partial charge in [0.1, 0.15) is 0 Å². The van der Waals surface area contributed by atoms with Gasteiger partial charge in [0.2, 0.25) is 0 Å². The molecule has 0 aliphatic heterocycles. The minimum atomic E-state index is 1.11. The standard InChI is InChI=1S/C50H34N2/c1-3-13-35(14-4-1)36-23-29-41(30-24-36)51(40-17-5-2-6-18-40)47-22-12-11-19-43(47)39-25-31-42(32-26-39)52-48-34-28-37-15-7-9-20-44(37)49(48)46-33-27-38-16-8-10-21-45(38)50(46)52/h1-34H. The highest BCUT2D eigenvalue weighted by Gasteiger charge is 2.19. The Balaban J connectivity index is 1.12. The Kier molecular flexibility index (Phi) is 7.18. The molecule has 0 aliphatic carbocycles. The van der Waals surface area contributed by atoms with E-state index in [0.29, 0.717) is 0 Å². The van der Waals surface area contributed by atoms with Gasteiger partial charge in [-0.3, -0.25) is 0 Å². The van der Waals surface area contributed by atoms with Crippen LogP contribution in [-0.4, -0.2) is 4.57 Å². The topological polar surface area (TPSA) is 8.17 Å². The van der Waals surface area contributed by atoms with E-state index < -0.39 is 0 Å². The summed E-state index contributed by atoms with van der Waals surface area (Å²) < 4.78 is 2.46. The first-order chi connectivity index (χ1) is 25.8. The highest BCUT2D eigenvalue weighted by atomic mass is 15.1. The summed E-state index contributed by atoms with van der Waals surface area (Å²) >= 11 is 0. The average Bonchev–Trinajstić information content (AvgIpc) is 3.58. The molecule has 0 radical (unpaired) electrons. The zero-order valence-corrected chi connectivity index (χ0v) is 28.5. The molecule has 0 aliphatic rings. The number of nitrogens with zero attached hydrogens (tertiary/aromatic N) is 2. The molecule has 2 heteroatoms. The lowest BCUT2D eigenvalue weighted by Crippen LogP contribution is -2.11. The van der Waals surface area contributed by atoms with Gasteiger partial charge in [0.25, 0.3) is 0 Å². The molecule has 0 saturated carbocycles. The molecule has 0 N–H and O–H groups in total. The van der Waals surface area contributed by atoms with Crippen LogP contribution in [0.25, 0.3) is 71.3 Å². The zero-order chi connectivity index (χ0) is 34.4. The molecule has 2 nitrogen and oxygen atoms in total. The third-order valence-corrected chi connectivity index (χ3v) is 10.4. The van der Waals surface area contributed by atoms with E-state index in [4.69, 9.17) is 0 Å². The number of rotatable bonds is 6. The molecular formula is C50H34N2. The van der Waals surface area contributed by atoms with Gasteiger partial charge in [0.15, 0.2) is 0 Å². The fourth-order valence-corrected chi connectivity index (χ4v) is 7.96. The molecule has 10 rings (SSSR count). The molecular weight excluding hydrogens is 629 g/mol. The number of benzene rings is 9. The van der Waals surface area contributed by atoms with Crippen LogP contribution in [0.4, 0.5) is 17.1 Å². The fraction of sp³-hybridized carbons (Fsp3) is 0. The molecule has 0 fully saturated rings. The molecule has 10 aromatic rings. The van der Waals surface area contributed by atoms with Gasteiger partial charge in [-0.15, -0.1) is 0 Å². The Morgan fingerprint density at radius 3 is 1.67 bits per heavy atom. The third kappa shape index (κ3) is 4.96. The van der Waals surface area contributed by atoms with E-state index in [1.54, 1.807) is 0 Å². The first-order valence-electron chi connectivity index (χ1n) is 17.9. The molecule has 0 amide bonds. The molecule has 244 valence electrons. The Hall–Kier alpha value is -6.90. The maximum Gasteiger partial charge on any atom is 0.0619 e. The van der Waals surface area contributed by atoms with E-state index in [0.717, 1.165) is 28.3 Å². The predicted molar refractivity (Wildman–Crippen MR) is 221 cm³/mol. The summed E-state index contributed by atoms with van der Waals surface area (Å²) in [5, 5.41) is 7.61. The molecule has 0 unspecified atom stereocenters. The number of hydrogen-bond donors (Lipinski definition) is 0. The van der Waals surface area contributed by atoms with Crippen LogP contribution in [0.5, 0.6) is 0 Å². The second-order valence-corrected chi connectivity index (χ2v) is 13.3. The SMILES string of the molecule is c1ccc(-c2ccc(N(c3ccccc3)c3ccccc3-c3ccc(-n4c5ccc6ccccc6c5c5ccc6ccccc6c54)cc3)cc2)cc1. The second-order valence-electron chi connectivity index (χ2n) is 13.3. The lowest BCUT2D eigenvalue weighted by atomic mass is 10.0. The summed E-state index contributed by atoms with van der Waals surface area (Å²) in [6, 6.07) is 74.5. The van der Waals surface area contributed by atoms with Crippen LogP contribution >= 0.6 is 0 Å². The van der Waals surface area contributed by atoms with Crippen molar-refractivity contribution < 1.29 is 0 Å². The van der Waals surface area contributed by atoms with Crippen molar-refractivity contribution in [1.82, 2.24) is 4.57 Å². The van der Waals surface area contributed by atoms with Crippen molar-refractivity contribution in [2.45, 2.75) is 0 Å². The van der Waals surface area contributed by atoms with Crippen molar-refractivity contribution in [3.8, 4) is 27.9 Å². The van der Waals surface area contributed by atoms with E-state index >= 15 is 0 Å². The molecule has 0 saturated heterocycles. The average molecular weight is 663 g/mol. The van der Waals surface area contributed by atoms with E-state index in [9.17, 15) is 0 Å². The number of para-hydroxylation sites is 2. The van der Waals surface area contributed by atoms with E-state index in [1.807, 2.05) is 0 Å². The van der Waals surface area contributed by atoms with Crippen LogP contribution in [-0.2, 0) is 0 Å². The summed E-state index contributed by atoms with van der Waals surface area (Å²) in [4.78, 5) is 2.36. The van der Waals surface area contributed by atoms with Crippen molar-refractivity contribution in [2.24, 2.45) is 0 Å². The number of aromatic nitrogens is 1. The summed E-state index contributed by atoms with van der Waals surface area (Å²) in [6.45, 7) is 0. The third-order valence-electron chi connectivity index (χ3n) is 10.4. The molecule has 9 aromatic carbocycles. The molecule has 0 atom stereocenters. The monoisotopic (exact) mass is 662 g/mol. The molecule has 52 heavy (non-hydrogen) atoms. The van der Waals surface area contributed by atoms with Gasteiger partial charge >= 0.3 is 0 Å². The van der Waals surface area contributed by atoms with Crippen LogP contribution in [0, 0.1) is 0 Å². The first kappa shape index (κ1) is 30.0. The lowest BCUT2D eigenvalue weighted by Gasteiger charge is -2.28. The van der Waals surface area contributed by atoms with E-state index in [-0.39, 0.29) is 0 Å². The highest BCUT2D eigenvalue weighted by Crippen LogP contribution is 2.43. The van der Waals surface area contributed by atoms with Gasteiger partial charge in [-0.05, 0) is 81.4 Å². The minimum Gasteiger partial charge on any atom is -0.310 e. The van der Waals surface area contributed by atoms with Crippen molar-refractivity contribution in [3.63, 3.8) is 0 Å². The van der Waals surface area contributed by atoms with Gasteiger partial charge in [-0.2, -0.15) is 0 Å². The van der Waals surface area contributed by atoms with E-state index in [1.165, 1.54) is 60.0 Å². The number of hydrogen-bond acceptors (Lipinski definition) is 1. The number of fused-ring (bicyclic) bond motifs is 7. The summed E-state index contributed by atoms with van der Waals surface area (Å²) in [7, 11) is 0. The Labute approximate surface area is 303 Å². The second kappa shape index (κ2) is 12.5. The smallest absolute Gasteiger partial charge is 0.0619 e. The van der Waals surface area contributed by atoms with Crippen LogP contribution in [0.15, 0.2) is 206 Å². The van der Waals surface area contributed by atoms with E-state index in [2.05, 4.69) is 216 Å². The van der Waals surface area contributed by atoms with Crippen molar-refractivity contribution >= 4 is 60.4 Å². The normalized spacial score (nSPS) is 11.5. The predicted octanol–water partition coefficient (Wildman–Crippen LogP) is 13.9. The highest BCUT2D eigenvalue weighted by molar-refractivity contribution is 6.26. The fourth-order valence-electron chi connectivity index (χ4n) is 7.96. The summed E-state index contributed by atoms with van der Waals surface area (Å²) in [6.07, 6.45) is 0. The quantitative estimate of drug-likeness (QED) is 0.172. The van der Waals surface area contributed by atoms with Crippen LogP contribution in [0.2, 0.25) is 0 Å². The van der Waals surface area contributed by atoms with Crippen molar-refractivity contribution in [3.05, 3.63) is 206 Å². The Morgan fingerprint density at radius 1 is 0.346 bits per heavy atom. The maximum atomic E-state index is 2.46. The van der Waals surface area contributed by atoms with Crippen LogP contribution in [0.1, 0.15) is 0 Å². The first-order valence-corrected chi connectivity index (χ1v) is 17.9. The van der Waals surface area contributed by atoms with Gasteiger partial charge < -0.3 is 9.47 Å². The Morgan fingerprint density at radius 2 is 0.904 bits per heavy atom. The molecule has 0 spiro atoms.